The van der Waals surface area contributed by atoms with Crippen LogP contribution in [0.25, 0.3) is 0 Å². The Morgan fingerprint density at radius 1 is 1.17 bits per heavy atom. The average Bonchev–Trinajstić information content (AvgIpc) is 3.12. The van der Waals surface area contributed by atoms with Crippen LogP contribution in [0.4, 0.5) is 0 Å². The topological polar surface area (TPSA) is 108 Å². The van der Waals surface area contributed by atoms with E-state index in [1.165, 1.54) is 0 Å². The molecule has 4 unspecified atom stereocenters. The summed E-state index contributed by atoms with van der Waals surface area (Å²) in [6, 6.07) is 0. The van der Waals surface area contributed by atoms with Gasteiger partial charge in [-0.1, -0.05) is 29.9 Å². The highest BCUT2D eigenvalue weighted by Gasteiger charge is 2.81. The molecule has 0 amide bonds. The predicted octanol–water partition coefficient (Wildman–Crippen LogP) is 6.64. The van der Waals surface area contributed by atoms with Gasteiger partial charge in [0, 0.05) is 34.5 Å². The second-order valence-electron chi connectivity index (χ2n) is 15.4. The quantitative estimate of drug-likeness (QED) is 0.265. The van der Waals surface area contributed by atoms with E-state index in [0.29, 0.717) is 48.2 Å². The number of phenols is 1. The van der Waals surface area contributed by atoms with Gasteiger partial charge < -0.3 is 24.1 Å². The van der Waals surface area contributed by atoms with Crippen LogP contribution in [0.1, 0.15) is 102 Å². The first kappa shape index (κ1) is 31.0. The molecular formula is C38H44O8. The third-order valence-corrected chi connectivity index (χ3v) is 11.6. The Kier molecular flexibility index (Phi) is 6.68. The van der Waals surface area contributed by atoms with Crippen LogP contribution in [0.3, 0.4) is 0 Å². The Balaban J connectivity index is 1.52. The number of allylic oxidation sites excluding steroid dienone is 4. The molecule has 7 aliphatic rings. The Bertz CT molecular complexity index is 1690. The molecule has 1 aromatic carbocycles. The largest absolute Gasteiger partial charge is 0.507 e. The number of benzene rings is 1. The Labute approximate surface area is 270 Å². The zero-order valence-electron chi connectivity index (χ0n) is 27.8. The molecule has 8 atom stereocenters. The number of aromatic hydroxyl groups is 1. The number of fused-ring (bicyclic) bond motifs is 5. The monoisotopic (exact) mass is 628 g/mol. The molecule has 1 saturated heterocycles. The van der Waals surface area contributed by atoms with Crippen molar-refractivity contribution in [3.8, 4) is 17.2 Å². The van der Waals surface area contributed by atoms with Crippen molar-refractivity contribution in [1.82, 2.24) is 0 Å². The van der Waals surface area contributed by atoms with Gasteiger partial charge in [-0.15, -0.1) is 0 Å². The van der Waals surface area contributed by atoms with Crippen LogP contribution < -0.4 is 9.47 Å². The lowest BCUT2D eigenvalue weighted by Crippen LogP contribution is -2.71. The lowest BCUT2D eigenvalue weighted by Gasteiger charge is -2.56. The number of carbonyl (C=O) groups excluding carboxylic acids is 3. The van der Waals surface area contributed by atoms with Crippen LogP contribution in [0, 0.1) is 17.8 Å². The summed E-state index contributed by atoms with van der Waals surface area (Å²) >= 11 is 0. The summed E-state index contributed by atoms with van der Waals surface area (Å²) in [7, 11) is 0. The second-order valence-corrected chi connectivity index (χ2v) is 15.4. The van der Waals surface area contributed by atoms with E-state index in [9.17, 15) is 19.5 Å². The molecule has 8 heteroatoms. The average molecular weight is 629 g/mol. The Hall–Kier alpha value is -3.65. The van der Waals surface area contributed by atoms with Gasteiger partial charge in [0.2, 0.25) is 0 Å². The van der Waals surface area contributed by atoms with Gasteiger partial charge >= 0.3 is 0 Å². The molecule has 8 rings (SSSR count). The van der Waals surface area contributed by atoms with Gasteiger partial charge in [-0.05, 0) is 98.6 Å². The van der Waals surface area contributed by atoms with Crippen molar-refractivity contribution in [2.24, 2.45) is 17.8 Å². The highest BCUT2D eigenvalue weighted by molar-refractivity contribution is 6.19. The summed E-state index contributed by atoms with van der Waals surface area (Å²) in [4.78, 5) is 40.4. The van der Waals surface area contributed by atoms with Crippen LogP contribution >= 0.6 is 0 Å². The molecule has 244 valence electrons. The van der Waals surface area contributed by atoms with Crippen molar-refractivity contribution in [2.75, 3.05) is 0 Å². The van der Waals surface area contributed by atoms with Gasteiger partial charge in [-0.3, -0.25) is 14.4 Å². The minimum Gasteiger partial charge on any atom is -0.507 e. The van der Waals surface area contributed by atoms with E-state index in [2.05, 4.69) is 19.6 Å². The number of ether oxygens (including phenoxy) is 4. The fraction of sp³-hybridized carbons (Fsp3) is 0.553. The molecule has 0 aromatic heterocycles. The molecule has 8 nitrogen and oxygen atoms in total. The van der Waals surface area contributed by atoms with Crippen molar-refractivity contribution in [1.29, 1.82) is 0 Å². The molecule has 1 aromatic rings. The zero-order valence-corrected chi connectivity index (χ0v) is 27.8. The first-order chi connectivity index (χ1) is 21.6. The minimum absolute atomic E-state index is 0.0650. The molecule has 4 aliphatic carbocycles. The van der Waals surface area contributed by atoms with Gasteiger partial charge in [0.05, 0.1) is 5.60 Å². The standard InChI is InChI=1S/C38H44O8/c1-19(2)9-10-24-32-28(25-17-36(8,44-32)13-12-23(25)20(3)4)31(41)29-30(40)26-15-22-16-27-35(6,7)46-37(34(22)42,14-11-21(5)43-18-39)38(26,27)45-33(24)29/h9,11,14-15,18,21-23,25,27,41H,3,10,12-13,16-17H2,1-2,4-8H3/b14-11+/t21?,22-,23+,25?,27?,36+,37?,38-/m1/s1. The number of ketones is 2. The van der Waals surface area contributed by atoms with E-state index in [-0.39, 0.29) is 46.4 Å². The Morgan fingerprint density at radius 2 is 1.91 bits per heavy atom. The van der Waals surface area contributed by atoms with Crippen LogP contribution in [0.5, 0.6) is 17.2 Å². The predicted molar refractivity (Wildman–Crippen MR) is 171 cm³/mol. The normalized spacial score (nSPS) is 36.5. The van der Waals surface area contributed by atoms with E-state index in [0.717, 1.165) is 24.0 Å². The van der Waals surface area contributed by atoms with E-state index in [4.69, 9.17) is 18.9 Å². The maximum Gasteiger partial charge on any atom is 0.293 e. The molecule has 0 radical (unpaired) electrons. The zero-order chi connectivity index (χ0) is 33.1. The van der Waals surface area contributed by atoms with E-state index >= 15 is 0 Å². The Morgan fingerprint density at radius 3 is 2.59 bits per heavy atom. The fourth-order valence-electron chi connectivity index (χ4n) is 9.52. The van der Waals surface area contributed by atoms with Gasteiger partial charge in [0.25, 0.3) is 6.47 Å². The summed E-state index contributed by atoms with van der Waals surface area (Å²) in [5.74, 6) is -0.685. The molecule has 1 N–H and O–H groups in total. The van der Waals surface area contributed by atoms with Gasteiger partial charge in [0.1, 0.15) is 34.5 Å². The molecule has 3 heterocycles. The summed E-state index contributed by atoms with van der Waals surface area (Å²) in [6.07, 6.45) is 9.74. The SMILES string of the molecule is C=C(C)[C@@H]1CC[C@@]2(C)CC1c1c(O)c3c(c(CC=C(C)C)c1O2)O[C@]12C(=C[C@@H]4CC1C(C)(C)OC2(/C=C/C(C)OC=O)C4=O)C3=O. The van der Waals surface area contributed by atoms with Gasteiger partial charge in [-0.2, -0.15) is 0 Å². The van der Waals surface area contributed by atoms with Crippen molar-refractivity contribution in [2.45, 2.75) is 115 Å². The smallest absolute Gasteiger partial charge is 0.293 e. The highest BCUT2D eigenvalue weighted by Crippen LogP contribution is 2.69. The molecule has 3 fully saturated rings. The van der Waals surface area contributed by atoms with Crippen molar-refractivity contribution in [3.63, 3.8) is 0 Å². The highest BCUT2D eigenvalue weighted by atomic mass is 16.6. The lowest BCUT2D eigenvalue weighted by molar-refractivity contribution is -0.160. The molecular weight excluding hydrogens is 584 g/mol. The summed E-state index contributed by atoms with van der Waals surface area (Å²) < 4.78 is 25.9. The number of carbonyl (C=O) groups is 3. The number of phenolic OH excluding ortho intramolecular Hbond substituents is 1. The van der Waals surface area contributed by atoms with Crippen LogP contribution in [-0.2, 0) is 25.5 Å². The first-order valence-electron chi connectivity index (χ1n) is 16.5. The number of Topliss-reactive ketones (excluding diaryl/α,β-unsaturated/α-hetero) is 2. The summed E-state index contributed by atoms with van der Waals surface area (Å²) in [6.45, 7) is 18.4. The number of rotatable bonds is 7. The van der Waals surface area contributed by atoms with Crippen molar-refractivity contribution >= 4 is 18.0 Å². The summed E-state index contributed by atoms with van der Waals surface area (Å²) in [5, 5.41) is 12.2. The maximum absolute atomic E-state index is 15.0. The first-order valence-corrected chi connectivity index (χ1v) is 16.5. The van der Waals surface area contributed by atoms with E-state index in [1.54, 1.807) is 25.2 Å². The second kappa shape index (κ2) is 9.93. The van der Waals surface area contributed by atoms with Crippen molar-refractivity contribution in [3.05, 3.63) is 64.3 Å². The molecule has 6 bridgehead atoms. The minimum atomic E-state index is -1.64. The number of hydrogen-bond donors (Lipinski definition) is 1. The maximum atomic E-state index is 15.0. The van der Waals surface area contributed by atoms with Crippen molar-refractivity contribution < 1.29 is 38.4 Å². The fourth-order valence-corrected chi connectivity index (χ4v) is 9.52. The third kappa shape index (κ3) is 3.91. The molecule has 2 saturated carbocycles. The van der Waals surface area contributed by atoms with Crippen LogP contribution in [0.2, 0.25) is 0 Å². The molecule has 1 spiro atoms. The summed E-state index contributed by atoms with van der Waals surface area (Å²) in [5.41, 5.74) is -0.480. The molecule has 3 aliphatic heterocycles. The van der Waals surface area contributed by atoms with Gasteiger partial charge in [0.15, 0.2) is 22.8 Å². The van der Waals surface area contributed by atoms with Gasteiger partial charge in [-0.25, -0.2) is 0 Å². The third-order valence-electron chi connectivity index (χ3n) is 11.6. The lowest BCUT2D eigenvalue weighted by atomic mass is 9.51. The molecule has 46 heavy (non-hydrogen) atoms. The number of hydrogen-bond acceptors (Lipinski definition) is 8. The van der Waals surface area contributed by atoms with E-state index in [1.807, 2.05) is 34.6 Å². The van der Waals surface area contributed by atoms with Crippen LogP contribution in [0.15, 0.2) is 47.6 Å². The van der Waals surface area contributed by atoms with Crippen LogP contribution in [-0.4, -0.2) is 51.7 Å². The van der Waals surface area contributed by atoms with E-state index < -0.39 is 34.4 Å².